The fourth-order valence-electron chi connectivity index (χ4n) is 1.28. The Morgan fingerprint density at radius 2 is 2.45 bits per heavy atom. The van der Waals surface area contributed by atoms with Crippen molar-refractivity contribution in [3.05, 3.63) is 0 Å². The maximum atomic E-state index is 8.87. The lowest BCUT2D eigenvalue weighted by molar-refractivity contribution is -0.0719. The van der Waals surface area contributed by atoms with Gasteiger partial charge in [-0.3, -0.25) is 0 Å². The van der Waals surface area contributed by atoms with Gasteiger partial charge in [-0.15, -0.1) is 0 Å². The Balaban J connectivity index is 2.41. The molecule has 0 bridgehead atoms. The zero-order chi connectivity index (χ0) is 8.27. The van der Waals surface area contributed by atoms with Crippen LogP contribution < -0.4 is 0 Å². The summed E-state index contributed by atoms with van der Waals surface area (Å²) in [5, 5.41) is 8.87. The molecule has 3 atom stereocenters. The van der Waals surface area contributed by atoms with Crippen LogP contribution >= 0.6 is 23.0 Å². The van der Waals surface area contributed by atoms with Crippen LogP contribution in [0.2, 0.25) is 5.82 Å². The largest absolute Gasteiger partial charge is 0.394 e. The summed E-state index contributed by atoms with van der Waals surface area (Å²) in [7, 11) is 2.12. The molecule has 1 fully saturated rings. The first-order valence-corrected chi connectivity index (χ1v) is 4.66. The summed E-state index contributed by atoms with van der Waals surface area (Å²) in [5.74, 6) is 0.539. The number of ether oxygens (including phenoxy) is 1. The van der Waals surface area contributed by atoms with Crippen molar-refractivity contribution in [3.8, 4) is 0 Å². The Hall–Kier alpha value is 0.675. The Morgan fingerprint density at radius 3 is 3.00 bits per heavy atom. The first kappa shape index (κ1) is 9.76. The number of rotatable bonds is 2. The van der Waals surface area contributed by atoms with Crippen LogP contribution in [0.3, 0.4) is 0 Å². The van der Waals surface area contributed by atoms with Gasteiger partial charge >= 0.3 is 0 Å². The molecule has 3 nitrogen and oxygen atoms in total. The van der Waals surface area contributed by atoms with E-state index in [1.54, 1.807) is 0 Å². The molecule has 1 saturated heterocycles. The summed E-state index contributed by atoms with van der Waals surface area (Å²) in [4.78, 5) is 0. The van der Waals surface area contributed by atoms with Crippen molar-refractivity contribution in [1.82, 2.24) is 0 Å². The maximum Gasteiger partial charge on any atom is 0.110 e. The Bertz CT molecular complexity index is 124. The molecular weight excluding hydrogens is 258 g/mol. The second kappa shape index (κ2) is 4.64. The molecule has 2 unspecified atom stereocenters. The lowest BCUT2D eigenvalue weighted by atomic mass is 9.81. The van der Waals surface area contributed by atoms with Gasteiger partial charge in [0.2, 0.25) is 0 Å². The molecule has 0 aromatic rings. The summed E-state index contributed by atoms with van der Waals surface area (Å²) in [6, 6.07) is 0. The predicted octanol–water partition coefficient (Wildman–Crippen LogP) is -0.0756. The van der Waals surface area contributed by atoms with Gasteiger partial charge in [-0.1, -0.05) is 0 Å². The lowest BCUT2D eigenvalue weighted by Crippen LogP contribution is -2.39. The van der Waals surface area contributed by atoms with Crippen LogP contribution in [0.1, 0.15) is 6.42 Å². The molecule has 0 radical (unpaired) electrons. The molecule has 64 valence electrons. The highest BCUT2D eigenvalue weighted by atomic mass is 127. The molecule has 0 aromatic heterocycles. The minimum atomic E-state index is -0.122. The summed E-state index contributed by atoms with van der Waals surface area (Å²) >= 11 is 1.86. The maximum absolute atomic E-state index is 8.87. The van der Waals surface area contributed by atoms with Crippen LogP contribution in [0.25, 0.3) is 0 Å². The normalized spacial score (nSPS) is 38.9. The highest BCUT2D eigenvalue weighted by Gasteiger charge is 2.29. The molecule has 0 aromatic carbocycles. The zero-order valence-electron chi connectivity index (χ0n) is 6.50. The smallest absolute Gasteiger partial charge is 0.110 e. The van der Waals surface area contributed by atoms with E-state index < -0.39 is 0 Å². The Kier molecular flexibility index (Phi) is 4.12. The van der Waals surface area contributed by atoms with Crippen LogP contribution in [-0.4, -0.2) is 38.4 Å². The monoisotopic (exact) mass is 270 g/mol. The topological polar surface area (TPSA) is 38.7 Å². The molecule has 1 aliphatic heterocycles. The summed E-state index contributed by atoms with van der Waals surface area (Å²) in [6.45, 7) is 0.794. The quantitative estimate of drug-likeness (QED) is 0.563. The third-order valence-electron chi connectivity index (χ3n) is 1.94. The van der Waals surface area contributed by atoms with Gasteiger partial charge in [-0.25, -0.2) is 0 Å². The third kappa shape index (κ3) is 2.57. The van der Waals surface area contributed by atoms with Crippen molar-refractivity contribution < 1.29 is 12.9 Å². The zero-order valence-corrected chi connectivity index (χ0v) is 8.65. The number of aliphatic hydroxyl groups excluding tert-OH is 1. The van der Waals surface area contributed by atoms with Crippen LogP contribution in [0.4, 0.5) is 0 Å². The number of hydrogen-bond donors (Lipinski definition) is 1. The van der Waals surface area contributed by atoms with E-state index in [1.165, 1.54) is 0 Å². The summed E-state index contributed by atoms with van der Waals surface area (Å²) < 4.78 is 10.5. The number of hydrogen-bond acceptors (Lipinski definition) is 3. The van der Waals surface area contributed by atoms with E-state index in [-0.39, 0.29) is 18.8 Å². The van der Waals surface area contributed by atoms with E-state index in [2.05, 4.69) is 7.85 Å². The summed E-state index contributed by atoms with van der Waals surface area (Å²) in [6.07, 6.45) is 0.918. The van der Waals surface area contributed by atoms with Gasteiger partial charge in [0.05, 0.1) is 12.7 Å². The lowest BCUT2D eigenvalue weighted by Gasteiger charge is -2.32. The number of halogens is 1. The average Bonchev–Trinajstić information content (AvgIpc) is 2.04. The average molecular weight is 270 g/mol. The molecule has 0 amide bonds. The van der Waals surface area contributed by atoms with E-state index in [0.29, 0.717) is 5.82 Å². The van der Waals surface area contributed by atoms with Gasteiger partial charge in [0.1, 0.15) is 37.0 Å². The van der Waals surface area contributed by atoms with Crippen molar-refractivity contribution in [3.63, 3.8) is 0 Å². The molecule has 1 aliphatic rings. The molecule has 1 heterocycles. The molecule has 5 heteroatoms. The minimum Gasteiger partial charge on any atom is -0.394 e. The standard InChI is InChI=1S/C6H12BIO3/c7-4-1-5(11-8)6(2-9)10-3-4/h4-6,9H,1-3,7H2/t4-,5?,6?/m1/s1. The van der Waals surface area contributed by atoms with Crippen molar-refractivity contribution in [2.75, 3.05) is 13.2 Å². The molecule has 1 rings (SSSR count). The Labute approximate surface area is 81.5 Å². The van der Waals surface area contributed by atoms with Crippen LogP contribution in [0, 0.1) is 0 Å². The predicted molar refractivity (Wildman–Crippen MR) is 52.6 cm³/mol. The van der Waals surface area contributed by atoms with Gasteiger partial charge in [0, 0.05) is 6.61 Å². The fraction of sp³-hybridized carbons (Fsp3) is 1.00. The van der Waals surface area contributed by atoms with Gasteiger partial charge < -0.3 is 12.9 Å². The molecule has 0 spiro atoms. The van der Waals surface area contributed by atoms with Crippen molar-refractivity contribution in [2.45, 2.75) is 24.4 Å². The second-order valence-corrected chi connectivity index (χ2v) is 3.53. The van der Waals surface area contributed by atoms with Crippen molar-refractivity contribution in [2.24, 2.45) is 0 Å². The van der Waals surface area contributed by atoms with Gasteiger partial charge in [0.25, 0.3) is 0 Å². The SMILES string of the molecule is B[C@H]1COC(CO)C(OI)C1. The molecule has 1 N–H and O–H groups in total. The van der Waals surface area contributed by atoms with Crippen molar-refractivity contribution in [1.29, 1.82) is 0 Å². The fourth-order valence-corrected chi connectivity index (χ4v) is 1.81. The minimum absolute atomic E-state index is 0.0559. The first-order chi connectivity index (χ1) is 5.27. The van der Waals surface area contributed by atoms with Crippen LogP contribution in [-0.2, 0) is 7.80 Å². The van der Waals surface area contributed by atoms with Gasteiger partial charge in [-0.2, -0.15) is 0 Å². The van der Waals surface area contributed by atoms with E-state index in [4.69, 9.17) is 12.9 Å². The van der Waals surface area contributed by atoms with E-state index >= 15 is 0 Å². The highest BCUT2D eigenvalue weighted by Crippen LogP contribution is 2.24. The van der Waals surface area contributed by atoms with E-state index in [9.17, 15) is 0 Å². The Morgan fingerprint density at radius 1 is 1.73 bits per heavy atom. The van der Waals surface area contributed by atoms with Crippen LogP contribution in [0.15, 0.2) is 0 Å². The molecule has 11 heavy (non-hydrogen) atoms. The van der Waals surface area contributed by atoms with Gasteiger partial charge in [-0.05, 0) is 12.2 Å². The van der Waals surface area contributed by atoms with Crippen molar-refractivity contribution >= 4 is 30.9 Å². The van der Waals surface area contributed by atoms with Gasteiger partial charge in [0.15, 0.2) is 0 Å². The van der Waals surface area contributed by atoms with E-state index in [0.717, 1.165) is 13.0 Å². The highest BCUT2D eigenvalue weighted by molar-refractivity contribution is 14.1. The summed E-state index contributed by atoms with van der Waals surface area (Å²) in [5.41, 5.74) is 0. The molecular formula is C6H12BIO3. The molecule has 0 saturated carbocycles. The third-order valence-corrected chi connectivity index (χ3v) is 2.59. The first-order valence-electron chi connectivity index (χ1n) is 3.77. The molecule has 0 aliphatic carbocycles. The van der Waals surface area contributed by atoms with E-state index in [1.807, 2.05) is 23.0 Å². The second-order valence-electron chi connectivity index (χ2n) is 3.02. The number of aliphatic hydroxyl groups is 1. The van der Waals surface area contributed by atoms with Crippen LogP contribution in [0.5, 0.6) is 0 Å².